The molecule has 0 fully saturated rings. The summed E-state index contributed by atoms with van der Waals surface area (Å²) in [5.41, 5.74) is 6.31. The van der Waals surface area contributed by atoms with Crippen LogP contribution in [-0.4, -0.2) is 23.7 Å². The highest BCUT2D eigenvalue weighted by Crippen LogP contribution is 1.99. The average Bonchev–Trinajstić information content (AvgIpc) is 2.34. The van der Waals surface area contributed by atoms with Crippen LogP contribution in [0.25, 0.3) is 0 Å². The maximum atomic E-state index is 11.4. The molecule has 16 heavy (non-hydrogen) atoms. The van der Waals surface area contributed by atoms with E-state index in [4.69, 9.17) is 5.73 Å². The van der Waals surface area contributed by atoms with Crippen LogP contribution in [0.4, 0.5) is 0 Å². The Balaban J connectivity index is 2.29. The number of rotatable bonds is 6. The quantitative estimate of drug-likeness (QED) is 0.652. The Kier molecular flexibility index (Phi) is 5.53. The topological polar surface area (TPSA) is 75.3 Å². The molecule has 0 aromatic heterocycles. The maximum absolute atomic E-state index is 11.4. The Morgan fingerprint density at radius 3 is 2.69 bits per heavy atom. The van der Waals surface area contributed by atoms with Gasteiger partial charge in [0.1, 0.15) is 6.10 Å². The summed E-state index contributed by atoms with van der Waals surface area (Å²) in [6.07, 6.45) is 0.115. The van der Waals surface area contributed by atoms with E-state index in [9.17, 15) is 9.90 Å². The van der Waals surface area contributed by atoms with E-state index in [1.54, 1.807) is 0 Å². The minimum atomic E-state index is -0.952. The van der Waals surface area contributed by atoms with Crippen molar-refractivity contribution in [1.29, 1.82) is 0 Å². The van der Waals surface area contributed by atoms with Gasteiger partial charge in [0, 0.05) is 6.54 Å². The Morgan fingerprint density at radius 1 is 1.38 bits per heavy atom. The lowest BCUT2D eigenvalue weighted by molar-refractivity contribution is -0.129. The largest absolute Gasteiger partial charge is 0.383 e. The zero-order valence-electron chi connectivity index (χ0n) is 9.23. The number of nitrogens with two attached hydrogens (primary N) is 1. The molecule has 0 radical (unpaired) electrons. The van der Waals surface area contributed by atoms with Crippen LogP contribution >= 0.6 is 0 Å². The first-order chi connectivity index (χ1) is 7.74. The van der Waals surface area contributed by atoms with Crippen LogP contribution in [0.5, 0.6) is 0 Å². The van der Waals surface area contributed by atoms with Gasteiger partial charge < -0.3 is 16.2 Å². The first kappa shape index (κ1) is 12.7. The molecule has 0 unspecified atom stereocenters. The van der Waals surface area contributed by atoms with Gasteiger partial charge in [0.15, 0.2) is 0 Å². The number of amides is 1. The normalized spacial score (nSPS) is 12.1. The summed E-state index contributed by atoms with van der Waals surface area (Å²) in [5, 5.41) is 12.1. The van der Waals surface area contributed by atoms with Crippen molar-refractivity contribution in [2.75, 3.05) is 6.54 Å². The fraction of sp³-hybridized carbons (Fsp3) is 0.417. The van der Waals surface area contributed by atoms with E-state index in [2.05, 4.69) is 5.32 Å². The van der Waals surface area contributed by atoms with Gasteiger partial charge in [0.2, 0.25) is 5.91 Å². The van der Waals surface area contributed by atoms with Gasteiger partial charge >= 0.3 is 0 Å². The lowest BCUT2D eigenvalue weighted by atomic mass is 10.1. The number of aliphatic hydroxyl groups is 1. The predicted octanol–water partition coefficient (Wildman–Crippen LogP) is 0.403. The molecule has 0 aliphatic carbocycles. The molecular formula is C12H18N2O2. The maximum Gasteiger partial charge on any atom is 0.249 e. The fourth-order valence-electron chi connectivity index (χ4n) is 1.35. The van der Waals surface area contributed by atoms with E-state index in [1.165, 1.54) is 0 Å². The van der Waals surface area contributed by atoms with Gasteiger partial charge in [-0.15, -0.1) is 0 Å². The second-order valence-corrected chi connectivity index (χ2v) is 3.65. The highest BCUT2D eigenvalue weighted by atomic mass is 16.3. The zero-order valence-corrected chi connectivity index (χ0v) is 9.23. The summed E-state index contributed by atoms with van der Waals surface area (Å²) >= 11 is 0. The summed E-state index contributed by atoms with van der Waals surface area (Å²) in [4.78, 5) is 11.4. The standard InChI is InChI=1S/C12H18N2O2/c13-8-4-7-11(15)12(16)14-9-10-5-2-1-3-6-10/h1-3,5-6,11,15H,4,7-9,13H2,(H,14,16)/t11-/m0/s1. The second-order valence-electron chi connectivity index (χ2n) is 3.65. The minimum absolute atomic E-state index is 0.336. The van der Waals surface area contributed by atoms with E-state index in [0.29, 0.717) is 25.9 Å². The second kappa shape index (κ2) is 6.98. The molecule has 1 rings (SSSR count). The van der Waals surface area contributed by atoms with Crippen molar-refractivity contribution in [1.82, 2.24) is 5.32 Å². The van der Waals surface area contributed by atoms with Gasteiger partial charge in [0.05, 0.1) is 0 Å². The number of aliphatic hydroxyl groups excluding tert-OH is 1. The number of hydrogen-bond donors (Lipinski definition) is 3. The molecule has 1 atom stereocenters. The first-order valence-corrected chi connectivity index (χ1v) is 5.44. The molecule has 0 bridgehead atoms. The van der Waals surface area contributed by atoms with Crippen LogP contribution in [0.2, 0.25) is 0 Å². The molecule has 4 heteroatoms. The third-order valence-corrected chi connectivity index (χ3v) is 2.29. The summed E-state index contributed by atoms with van der Waals surface area (Å²) in [6.45, 7) is 0.933. The molecule has 1 aromatic carbocycles. The van der Waals surface area contributed by atoms with Crippen molar-refractivity contribution in [2.24, 2.45) is 5.73 Å². The van der Waals surface area contributed by atoms with E-state index in [0.717, 1.165) is 5.56 Å². The summed E-state index contributed by atoms with van der Waals surface area (Å²) in [6, 6.07) is 9.58. The Hall–Kier alpha value is -1.39. The molecular weight excluding hydrogens is 204 g/mol. The van der Waals surface area contributed by atoms with Gasteiger partial charge in [-0.25, -0.2) is 0 Å². The smallest absolute Gasteiger partial charge is 0.249 e. The SMILES string of the molecule is NCCC[C@H](O)C(=O)NCc1ccccc1. The average molecular weight is 222 g/mol. The summed E-state index contributed by atoms with van der Waals surface area (Å²) in [7, 11) is 0. The van der Waals surface area contributed by atoms with Crippen LogP contribution < -0.4 is 11.1 Å². The Bertz CT molecular complexity index is 314. The number of nitrogens with one attached hydrogen (secondary N) is 1. The molecule has 0 aliphatic rings. The first-order valence-electron chi connectivity index (χ1n) is 5.44. The third kappa shape index (κ3) is 4.42. The monoisotopic (exact) mass is 222 g/mol. The van der Waals surface area contributed by atoms with E-state index < -0.39 is 6.10 Å². The molecule has 1 amide bonds. The third-order valence-electron chi connectivity index (χ3n) is 2.29. The number of hydrogen-bond acceptors (Lipinski definition) is 3. The fourth-order valence-corrected chi connectivity index (χ4v) is 1.35. The van der Waals surface area contributed by atoms with Crippen molar-refractivity contribution >= 4 is 5.91 Å². The molecule has 88 valence electrons. The number of carbonyl (C=O) groups excluding carboxylic acids is 1. The van der Waals surface area contributed by atoms with E-state index in [1.807, 2.05) is 30.3 Å². The zero-order chi connectivity index (χ0) is 11.8. The van der Waals surface area contributed by atoms with Crippen molar-refractivity contribution in [3.8, 4) is 0 Å². The van der Waals surface area contributed by atoms with Crippen molar-refractivity contribution in [2.45, 2.75) is 25.5 Å². The van der Waals surface area contributed by atoms with Crippen LogP contribution in [0.3, 0.4) is 0 Å². The van der Waals surface area contributed by atoms with Gasteiger partial charge in [-0.05, 0) is 24.9 Å². The molecule has 4 N–H and O–H groups in total. The molecule has 4 nitrogen and oxygen atoms in total. The highest BCUT2D eigenvalue weighted by molar-refractivity contribution is 5.80. The van der Waals surface area contributed by atoms with E-state index in [-0.39, 0.29) is 5.91 Å². The Morgan fingerprint density at radius 2 is 2.06 bits per heavy atom. The molecule has 1 aromatic rings. The molecule has 0 saturated carbocycles. The molecule has 0 heterocycles. The van der Waals surface area contributed by atoms with Crippen LogP contribution in [-0.2, 0) is 11.3 Å². The van der Waals surface area contributed by atoms with Crippen molar-refractivity contribution in [3.05, 3.63) is 35.9 Å². The van der Waals surface area contributed by atoms with Crippen molar-refractivity contribution < 1.29 is 9.90 Å². The molecule has 0 spiro atoms. The lowest BCUT2D eigenvalue weighted by Gasteiger charge is -2.10. The highest BCUT2D eigenvalue weighted by Gasteiger charge is 2.13. The van der Waals surface area contributed by atoms with E-state index >= 15 is 0 Å². The van der Waals surface area contributed by atoms with Crippen LogP contribution in [0.15, 0.2) is 30.3 Å². The van der Waals surface area contributed by atoms with Gasteiger partial charge in [-0.2, -0.15) is 0 Å². The lowest BCUT2D eigenvalue weighted by Crippen LogP contribution is -2.34. The number of carbonyl (C=O) groups is 1. The van der Waals surface area contributed by atoms with Crippen LogP contribution in [0.1, 0.15) is 18.4 Å². The molecule has 0 aliphatic heterocycles. The predicted molar refractivity (Wildman–Crippen MR) is 62.6 cm³/mol. The molecule has 0 saturated heterocycles. The van der Waals surface area contributed by atoms with Crippen LogP contribution in [0, 0.1) is 0 Å². The summed E-state index contributed by atoms with van der Waals surface area (Å²) in [5.74, 6) is -0.336. The van der Waals surface area contributed by atoms with Crippen molar-refractivity contribution in [3.63, 3.8) is 0 Å². The van der Waals surface area contributed by atoms with Gasteiger partial charge in [-0.1, -0.05) is 30.3 Å². The van der Waals surface area contributed by atoms with Gasteiger partial charge in [-0.3, -0.25) is 4.79 Å². The summed E-state index contributed by atoms with van der Waals surface area (Å²) < 4.78 is 0. The number of benzene rings is 1. The Labute approximate surface area is 95.5 Å². The van der Waals surface area contributed by atoms with Gasteiger partial charge in [0.25, 0.3) is 0 Å². The minimum Gasteiger partial charge on any atom is -0.383 e.